The number of hydrogen-bond donors (Lipinski definition) is 3. The molecule has 9 heteroatoms. The number of carbonyl (C=O) groups is 4. The molecular formula is C21H37N3O6. The maximum atomic E-state index is 13.2. The molecule has 0 bridgehead atoms. The second kappa shape index (κ2) is 13.2. The van der Waals surface area contributed by atoms with E-state index in [0.717, 1.165) is 19.3 Å². The van der Waals surface area contributed by atoms with Crippen LogP contribution in [0, 0.1) is 11.8 Å². The number of ether oxygens (including phenoxy) is 1. The zero-order chi connectivity index (χ0) is 22.7. The molecule has 0 aromatic rings. The van der Waals surface area contributed by atoms with E-state index in [-0.39, 0.29) is 24.2 Å². The minimum Gasteiger partial charge on any atom is -0.467 e. The van der Waals surface area contributed by atoms with Crippen molar-refractivity contribution in [3.8, 4) is 0 Å². The van der Waals surface area contributed by atoms with Crippen LogP contribution < -0.4 is 10.8 Å². The van der Waals surface area contributed by atoms with Gasteiger partial charge in [0, 0.05) is 18.9 Å². The first-order valence-corrected chi connectivity index (χ1v) is 10.9. The van der Waals surface area contributed by atoms with Crippen LogP contribution in [0.15, 0.2) is 0 Å². The number of likely N-dealkylation sites (tertiary alicyclic amines) is 1. The molecule has 30 heavy (non-hydrogen) atoms. The molecule has 0 aromatic carbocycles. The molecule has 9 nitrogen and oxygen atoms in total. The molecule has 1 aliphatic rings. The number of hydrogen-bond acceptors (Lipinski definition) is 6. The summed E-state index contributed by atoms with van der Waals surface area (Å²) in [7, 11) is 1.30. The van der Waals surface area contributed by atoms with Gasteiger partial charge in [0.1, 0.15) is 12.1 Å². The monoisotopic (exact) mass is 427 g/mol. The third-order valence-corrected chi connectivity index (χ3v) is 5.41. The normalized spacial score (nSPS) is 18.1. The van der Waals surface area contributed by atoms with Gasteiger partial charge in [-0.25, -0.2) is 10.3 Å². The lowest BCUT2D eigenvalue weighted by molar-refractivity contribution is -0.152. The first kappa shape index (κ1) is 25.9. The van der Waals surface area contributed by atoms with Gasteiger partial charge in [0.15, 0.2) is 0 Å². The highest BCUT2D eigenvalue weighted by Crippen LogP contribution is 2.22. The topological polar surface area (TPSA) is 125 Å². The summed E-state index contributed by atoms with van der Waals surface area (Å²) in [6.45, 7) is 6.38. The van der Waals surface area contributed by atoms with E-state index in [2.05, 4.69) is 5.32 Å². The van der Waals surface area contributed by atoms with Gasteiger partial charge in [-0.3, -0.25) is 19.6 Å². The highest BCUT2D eigenvalue weighted by Gasteiger charge is 2.39. The predicted octanol–water partition coefficient (Wildman–Crippen LogP) is 1.77. The van der Waals surface area contributed by atoms with Gasteiger partial charge < -0.3 is 15.0 Å². The Morgan fingerprint density at radius 1 is 1.20 bits per heavy atom. The average Bonchev–Trinajstić information content (AvgIpc) is 3.20. The van der Waals surface area contributed by atoms with E-state index in [4.69, 9.17) is 9.94 Å². The van der Waals surface area contributed by atoms with E-state index >= 15 is 0 Å². The Morgan fingerprint density at radius 3 is 2.47 bits per heavy atom. The average molecular weight is 428 g/mol. The number of hydroxylamine groups is 1. The zero-order valence-electron chi connectivity index (χ0n) is 18.6. The summed E-state index contributed by atoms with van der Waals surface area (Å²) in [5.41, 5.74) is 1.57. The van der Waals surface area contributed by atoms with Gasteiger partial charge in [-0.2, -0.15) is 0 Å². The van der Waals surface area contributed by atoms with Crippen molar-refractivity contribution in [3.05, 3.63) is 0 Å². The summed E-state index contributed by atoms with van der Waals surface area (Å²) in [5.74, 6) is -2.28. The predicted molar refractivity (Wildman–Crippen MR) is 110 cm³/mol. The van der Waals surface area contributed by atoms with Gasteiger partial charge in [-0.15, -0.1) is 0 Å². The van der Waals surface area contributed by atoms with Gasteiger partial charge in [0.05, 0.1) is 7.11 Å². The lowest BCUT2D eigenvalue weighted by Gasteiger charge is -2.29. The number of amides is 3. The second-order valence-corrected chi connectivity index (χ2v) is 8.34. The van der Waals surface area contributed by atoms with Crippen molar-refractivity contribution in [2.75, 3.05) is 13.7 Å². The van der Waals surface area contributed by atoms with Crippen LogP contribution in [0.25, 0.3) is 0 Å². The van der Waals surface area contributed by atoms with E-state index in [0.29, 0.717) is 32.2 Å². The largest absolute Gasteiger partial charge is 0.467 e. The first-order valence-electron chi connectivity index (χ1n) is 10.9. The standard InChI is InChI=1S/C21H37N3O6/c1-5-6-7-9-15(13-18(25)23-29)19(26)22-16(12-14(2)3)20(27)24-11-8-10-17(24)21(28)30-4/h14-17,29H,5-13H2,1-4H3,(H,22,26)(H,23,25)/t15-,16+,17?/m1/s1. The Labute approximate surface area is 178 Å². The Hall–Kier alpha value is -2.16. The summed E-state index contributed by atoms with van der Waals surface area (Å²) in [6.07, 6.45) is 4.66. The molecule has 1 fully saturated rings. The van der Waals surface area contributed by atoms with Crippen molar-refractivity contribution in [1.82, 2.24) is 15.7 Å². The molecule has 1 heterocycles. The van der Waals surface area contributed by atoms with Crippen molar-refractivity contribution in [3.63, 3.8) is 0 Å². The summed E-state index contributed by atoms with van der Waals surface area (Å²) in [5, 5.41) is 11.7. The molecule has 3 N–H and O–H groups in total. The third-order valence-electron chi connectivity index (χ3n) is 5.41. The first-order chi connectivity index (χ1) is 14.2. The SMILES string of the molecule is CCCCC[C@H](CC(=O)NO)C(=O)N[C@@H](CC(C)C)C(=O)N1CCCC1C(=O)OC. The van der Waals surface area contributed by atoms with Crippen LogP contribution in [0.2, 0.25) is 0 Å². The minimum absolute atomic E-state index is 0.137. The molecule has 1 aliphatic heterocycles. The number of unbranched alkanes of at least 4 members (excludes halogenated alkanes) is 2. The maximum Gasteiger partial charge on any atom is 0.328 e. The number of methoxy groups -OCH3 is 1. The van der Waals surface area contributed by atoms with Gasteiger partial charge in [0.25, 0.3) is 0 Å². The highest BCUT2D eigenvalue weighted by molar-refractivity contribution is 5.92. The third kappa shape index (κ3) is 7.93. The molecule has 172 valence electrons. The summed E-state index contributed by atoms with van der Waals surface area (Å²) < 4.78 is 4.82. The fourth-order valence-electron chi connectivity index (χ4n) is 3.83. The molecular weight excluding hydrogens is 390 g/mol. The number of carbonyl (C=O) groups excluding carboxylic acids is 4. The van der Waals surface area contributed by atoms with Crippen LogP contribution in [0.4, 0.5) is 0 Å². The van der Waals surface area contributed by atoms with Crippen molar-refractivity contribution >= 4 is 23.7 Å². The molecule has 3 amide bonds. The lowest BCUT2D eigenvalue weighted by atomic mass is 9.95. The van der Waals surface area contributed by atoms with Gasteiger partial charge >= 0.3 is 5.97 Å². The quantitative estimate of drug-likeness (QED) is 0.189. The van der Waals surface area contributed by atoms with Gasteiger partial charge in [-0.1, -0.05) is 40.0 Å². The maximum absolute atomic E-state index is 13.2. The summed E-state index contributed by atoms with van der Waals surface area (Å²) in [4.78, 5) is 51.3. The summed E-state index contributed by atoms with van der Waals surface area (Å²) in [6, 6.07) is -1.41. The van der Waals surface area contributed by atoms with E-state index in [1.807, 2.05) is 20.8 Å². The highest BCUT2D eigenvalue weighted by atomic mass is 16.5. The van der Waals surface area contributed by atoms with Crippen molar-refractivity contribution in [1.29, 1.82) is 0 Å². The molecule has 1 unspecified atom stereocenters. The number of nitrogens with one attached hydrogen (secondary N) is 2. The molecule has 3 atom stereocenters. The van der Waals surface area contributed by atoms with Gasteiger partial charge in [0.2, 0.25) is 17.7 Å². The second-order valence-electron chi connectivity index (χ2n) is 8.34. The van der Waals surface area contributed by atoms with Crippen LogP contribution in [0.1, 0.15) is 72.1 Å². The molecule has 1 rings (SSSR count). The Bertz CT molecular complexity index is 595. The Kier molecular flexibility index (Phi) is 11.4. The van der Waals surface area contributed by atoms with Crippen LogP contribution >= 0.6 is 0 Å². The molecule has 0 spiro atoms. The van der Waals surface area contributed by atoms with E-state index in [9.17, 15) is 19.2 Å². The van der Waals surface area contributed by atoms with Gasteiger partial charge in [-0.05, 0) is 31.6 Å². The van der Waals surface area contributed by atoms with Crippen LogP contribution in [-0.2, 0) is 23.9 Å². The molecule has 1 saturated heterocycles. The number of rotatable bonds is 12. The Balaban J connectivity index is 2.94. The molecule has 0 aromatic heterocycles. The lowest BCUT2D eigenvalue weighted by Crippen LogP contribution is -2.53. The van der Waals surface area contributed by atoms with E-state index in [1.165, 1.54) is 12.0 Å². The van der Waals surface area contributed by atoms with Crippen LogP contribution in [0.5, 0.6) is 0 Å². The molecule has 0 aliphatic carbocycles. The fourth-order valence-corrected chi connectivity index (χ4v) is 3.83. The van der Waals surface area contributed by atoms with E-state index in [1.54, 1.807) is 5.48 Å². The number of esters is 1. The minimum atomic E-state index is -0.784. The van der Waals surface area contributed by atoms with Crippen molar-refractivity contribution in [2.24, 2.45) is 11.8 Å². The molecule has 0 radical (unpaired) electrons. The van der Waals surface area contributed by atoms with E-state index < -0.39 is 29.9 Å². The molecule has 0 saturated carbocycles. The summed E-state index contributed by atoms with van der Waals surface area (Å²) >= 11 is 0. The van der Waals surface area contributed by atoms with Crippen LogP contribution in [-0.4, -0.2) is 59.5 Å². The fraction of sp³-hybridized carbons (Fsp3) is 0.810. The van der Waals surface area contributed by atoms with Crippen molar-refractivity contribution in [2.45, 2.75) is 84.2 Å². The van der Waals surface area contributed by atoms with Crippen molar-refractivity contribution < 1.29 is 29.1 Å². The number of nitrogens with zero attached hydrogens (tertiary/aromatic N) is 1. The smallest absolute Gasteiger partial charge is 0.328 e. The zero-order valence-corrected chi connectivity index (χ0v) is 18.6. The Morgan fingerprint density at radius 2 is 1.90 bits per heavy atom. The van der Waals surface area contributed by atoms with Crippen LogP contribution in [0.3, 0.4) is 0 Å².